The smallest absolute Gasteiger partial charge is 0.0892 e. The van der Waals surface area contributed by atoms with Crippen LogP contribution in [-0.4, -0.2) is 42.7 Å². The molecule has 0 spiro atoms. The van der Waals surface area contributed by atoms with E-state index in [0.717, 1.165) is 6.42 Å². The van der Waals surface area contributed by atoms with Gasteiger partial charge in [0.05, 0.1) is 37.6 Å². The Labute approximate surface area is 87.8 Å². The van der Waals surface area contributed by atoms with E-state index in [1.54, 1.807) is 0 Å². The van der Waals surface area contributed by atoms with Crippen LogP contribution in [0, 0.1) is 5.92 Å². The minimum Gasteiger partial charge on any atom is -0.394 e. The fraction of sp³-hybridized carbons (Fsp3) is 1.00. The van der Waals surface area contributed by atoms with Crippen LogP contribution in [0.2, 0.25) is 0 Å². The van der Waals surface area contributed by atoms with Gasteiger partial charge in [0.2, 0.25) is 0 Å². The topological polar surface area (TPSA) is 87.5 Å². The van der Waals surface area contributed by atoms with Gasteiger partial charge in [0.15, 0.2) is 0 Å². The number of hydrogen-bond donors (Lipinski definition) is 1. The molecule has 0 radical (unpaired) electrons. The third kappa shape index (κ3) is 1.94. The summed E-state index contributed by atoms with van der Waals surface area (Å²) in [5, 5.41) is 12.5. The van der Waals surface area contributed by atoms with Crippen molar-refractivity contribution in [2.45, 2.75) is 37.8 Å². The lowest BCUT2D eigenvalue weighted by molar-refractivity contribution is -0.00261. The molecule has 2 aliphatic rings. The van der Waals surface area contributed by atoms with Crippen molar-refractivity contribution in [3.63, 3.8) is 0 Å². The standard InChI is InChI=1S/C9H15N3O3/c1-5-8(4-13)15-7-2-6(3-11-12-10)14-9(5)7/h5-9,13H,2-4H2,1H3/t5-,6?,7+,8-,9+/m1/s1. The van der Waals surface area contributed by atoms with Gasteiger partial charge < -0.3 is 14.6 Å². The number of aliphatic hydroxyl groups is 1. The zero-order chi connectivity index (χ0) is 10.8. The van der Waals surface area contributed by atoms with E-state index in [1.807, 2.05) is 6.92 Å². The zero-order valence-electron chi connectivity index (χ0n) is 8.61. The largest absolute Gasteiger partial charge is 0.394 e. The SMILES string of the molecule is C[C@H]1[C@@H]2OC(CN=[N+]=[N-])C[C@@H]2O[C@@H]1CO. The maximum Gasteiger partial charge on any atom is 0.0892 e. The molecule has 6 nitrogen and oxygen atoms in total. The number of ether oxygens (including phenoxy) is 2. The van der Waals surface area contributed by atoms with Crippen LogP contribution in [-0.2, 0) is 9.47 Å². The maximum absolute atomic E-state index is 9.05. The molecule has 2 heterocycles. The molecule has 0 saturated carbocycles. The van der Waals surface area contributed by atoms with Gasteiger partial charge in [0, 0.05) is 17.3 Å². The van der Waals surface area contributed by atoms with Crippen molar-refractivity contribution in [3.05, 3.63) is 10.4 Å². The summed E-state index contributed by atoms with van der Waals surface area (Å²) in [5.74, 6) is 0.205. The lowest BCUT2D eigenvalue weighted by Crippen LogP contribution is -2.27. The summed E-state index contributed by atoms with van der Waals surface area (Å²) < 4.78 is 11.4. The van der Waals surface area contributed by atoms with Crippen LogP contribution in [0.25, 0.3) is 10.4 Å². The van der Waals surface area contributed by atoms with Gasteiger partial charge in [-0.2, -0.15) is 0 Å². The van der Waals surface area contributed by atoms with Crippen molar-refractivity contribution in [2.75, 3.05) is 13.2 Å². The van der Waals surface area contributed by atoms with E-state index in [9.17, 15) is 0 Å². The summed E-state index contributed by atoms with van der Waals surface area (Å²) in [4.78, 5) is 2.71. The van der Waals surface area contributed by atoms with Crippen molar-refractivity contribution < 1.29 is 14.6 Å². The molecule has 2 saturated heterocycles. The van der Waals surface area contributed by atoms with E-state index in [2.05, 4.69) is 10.0 Å². The molecule has 0 aliphatic carbocycles. The van der Waals surface area contributed by atoms with E-state index < -0.39 is 0 Å². The second-order valence-electron chi connectivity index (χ2n) is 4.13. The Morgan fingerprint density at radius 1 is 1.53 bits per heavy atom. The monoisotopic (exact) mass is 213 g/mol. The third-order valence-corrected chi connectivity index (χ3v) is 3.19. The number of fused-ring (bicyclic) bond motifs is 1. The quantitative estimate of drug-likeness (QED) is 0.428. The first kappa shape index (κ1) is 10.7. The molecule has 0 aromatic carbocycles. The summed E-state index contributed by atoms with van der Waals surface area (Å²) in [6.45, 7) is 2.42. The van der Waals surface area contributed by atoms with Crippen LogP contribution in [0.15, 0.2) is 5.11 Å². The summed E-state index contributed by atoms with van der Waals surface area (Å²) in [6.07, 6.45) is 0.709. The molecule has 1 N–H and O–H groups in total. The summed E-state index contributed by atoms with van der Waals surface area (Å²) >= 11 is 0. The highest BCUT2D eigenvalue weighted by Gasteiger charge is 2.48. The molecule has 2 aliphatic heterocycles. The molecule has 0 amide bonds. The highest BCUT2D eigenvalue weighted by molar-refractivity contribution is 4.95. The molecule has 15 heavy (non-hydrogen) atoms. The molecule has 1 unspecified atom stereocenters. The zero-order valence-corrected chi connectivity index (χ0v) is 8.61. The van der Waals surface area contributed by atoms with Crippen LogP contribution in [0.5, 0.6) is 0 Å². The number of nitrogens with zero attached hydrogens (tertiary/aromatic N) is 3. The number of azide groups is 1. The second-order valence-corrected chi connectivity index (χ2v) is 4.13. The van der Waals surface area contributed by atoms with Crippen molar-refractivity contribution in [2.24, 2.45) is 11.0 Å². The molecule has 84 valence electrons. The van der Waals surface area contributed by atoms with Gasteiger partial charge in [-0.15, -0.1) is 0 Å². The fourth-order valence-corrected chi connectivity index (χ4v) is 2.37. The molecule has 6 heteroatoms. The van der Waals surface area contributed by atoms with Crippen molar-refractivity contribution in [1.29, 1.82) is 0 Å². The van der Waals surface area contributed by atoms with Crippen LogP contribution < -0.4 is 0 Å². The lowest BCUT2D eigenvalue weighted by Gasteiger charge is -2.17. The Morgan fingerprint density at radius 2 is 2.33 bits per heavy atom. The Morgan fingerprint density at radius 3 is 2.93 bits per heavy atom. The van der Waals surface area contributed by atoms with E-state index in [-0.39, 0.29) is 36.9 Å². The van der Waals surface area contributed by atoms with Gasteiger partial charge in [0.1, 0.15) is 0 Å². The fourth-order valence-electron chi connectivity index (χ4n) is 2.37. The van der Waals surface area contributed by atoms with Gasteiger partial charge in [-0.05, 0) is 5.53 Å². The van der Waals surface area contributed by atoms with Gasteiger partial charge in [0.25, 0.3) is 0 Å². The molecule has 2 rings (SSSR count). The summed E-state index contributed by atoms with van der Waals surface area (Å²) in [5.41, 5.74) is 8.20. The van der Waals surface area contributed by atoms with Gasteiger partial charge in [-0.1, -0.05) is 12.0 Å². The van der Waals surface area contributed by atoms with Crippen LogP contribution in [0.1, 0.15) is 13.3 Å². The van der Waals surface area contributed by atoms with Crippen molar-refractivity contribution >= 4 is 0 Å². The lowest BCUT2D eigenvalue weighted by atomic mass is 9.99. The van der Waals surface area contributed by atoms with Crippen molar-refractivity contribution in [3.8, 4) is 0 Å². The Hall–Kier alpha value is -0.810. The average molecular weight is 213 g/mol. The van der Waals surface area contributed by atoms with Crippen LogP contribution in [0.3, 0.4) is 0 Å². The number of hydrogen-bond acceptors (Lipinski definition) is 4. The summed E-state index contributed by atoms with van der Waals surface area (Å²) in [6, 6.07) is 0. The minimum absolute atomic E-state index is 0.0296. The van der Waals surface area contributed by atoms with Crippen LogP contribution in [0.4, 0.5) is 0 Å². The first-order chi connectivity index (χ1) is 7.26. The highest BCUT2D eigenvalue weighted by Crippen LogP contribution is 2.37. The predicted molar refractivity (Wildman–Crippen MR) is 52.2 cm³/mol. The number of rotatable bonds is 3. The minimum atomic E-state index is -0.111. The molecule has 5 atom stereocenters. The third-order valence-electron chi connectivity index (χ3n) is 3.19. The van der Waals surface area contributed by atoms with Gasteiger partial charge in [-0.3, -0.25) is 0 Å². The van der Waals surface area contributed by atoms with Crippen molar-refractivity contribution in [1.82, 2.24) is 0 Å². The molecular formula is C9H15N3O3. The Balaban J connectivity index is 1.92. The average Bonchev–Trinajstić information content (AvgIpc) is 2.75. The first-order valence-corrected chi connectivity index (χ1v) is 5.19. The van der Waals surface area contributed by atoms with E-state index in [1.165, 1.54) is 0 Å². The molecular weight excluding hydrogens is 198 g/mol. The first-order valence-electron chi connectivity index (χ1n) is 5.19. The van der Waals surface area contributed by atoms with E-state index in [0.29, 0.717) is 6.54 Å². The van der Waals surface area contributed by atoms with E-state index >= 15 is 0 Å². The molecule has 2 fully saturated rings. The van der Waals surface area contributed by atoms with Gasteiger partial charge in [-0.25, -0.2) is 0 Å². The second kappa shape index (κ2) is 4.37. The summed E-state index contributed by atoms with van der Waals surface area (Å²) in [7, 11) is 0. The Bertz CT molecular complexity index is 280. The predicted octanol–water partition coefficient (Wildman–Crippen LogP) is 0.850. The van der Waals surface area contributed by atoms with Crippen LogP contribution >= 0.6 is 0 Å². The van der Waals surface area contributed by atoms with E-state index in [4.69, 9.17) is 20.1 Å². The molecule has 0 aromatic heterocycles. The molecule has 0 bridgehead atoms. The normalized spacial score (nSPS) is 43.7. The highest BCUT2D eigenvalue weighted by atomic mass is 16.6. The maximum atomic E-state index is 9.05. The molecule has 0 aromatic rings. The Kier molecular flexibility index (Phi) is 3.11. The number of aliphatic hydroxyl groups excluding tert-OH is 1. The van der Waals surface area contributed by atoms with Gasteiger partial charge >= 0.3 is 0 Å².